The van der Waals surface area contributed by atoms with Crippen LogP contribution in [0.5, 0.6) is 0 Å². The molecule has 1 aliphatic carbocycles. The maximum Gasteiger partial charge on any atom is 0.337 e. The quantitative estimate of drug-likeness (QED) is 0.877. The number of nitrogens with zero attached hydrogens (tertiary/aromatic N) is 3. The predicted molar refractivity (Wildman–Crippen MR) is 62.1 cm³/mol. The number of pyridine rings is 1. The van der Waals surface area contributed by atoms with Gasteiger partial charge in [-0.15, -0.1) is 0 Å². The second kappa shape index (κ2) is 3.55. The monoisotopic (exact) mass is 231 g/mol. The van der Waals surface area contributed by atoms with Crippen molar-refractivity contribution in [2.24, 2.45) is 0 Å². The normalized spacial score (nSPS) is 15.4. The minimum absolute atomic E-state index is 0.195. The van der Waals surface area contributed by atoms with Gasteiger partial charge < -0.3 is 9.67 Å². The summed E-state index contributed by atoms with van der Waals surface area (Å²) in [4.78, 5) is 19.6. The topological polar surface area (TPSA) is 68.0 Å². The number of aromatic nitrogens is 3. The average Bonchev–Trinajstić information content (AvgIpc) is 3.08. The summed E-state index contributed by atoms with van der Waals surface area (Å²) in [5.41, 5.74) is 1.70. The molecule has 3 rings (SSSR count). The van der Waals surface area contributed by atoms with E-state index in [1.165, 1.54) is 19.0 Å². The summed E-state index contributed by atoms with van der Waals surface area (Å²) in [6, 6.07) is 2.11. The molecule has 5 nitrogen and oxygen atoms in total. The molecule has 0 spiro atoms. The van der Waals surface area contributed by atoms with Gasteiger partial charge >= 0.3 is 5.97 Å². The van der Waals surface area contributed by atoms with Crippen LogP contribution in [0.25, 0.3) is 11.2 Å². The van der Waals surface area contributed by atoms with Gasteiger partial charge in [0.05, 0.1) is 5.56 Å². The van der Waals surface area contributed by atoms with Crippen LogP contribution in [0.2, 0.25) is 0 Å². The first-order chi connectivity index (χ1) is 8.20. The van der Waals surface area contributed by atoms with Crippen LogP contribution in [-0.4, -0.2) is 25.6 Å². The SMILES string of the molecule is CCc1nc2cc(C(=O)O)cnc2n1C1CC1. The van der Waals surface area contributed by atoms with Gasteiger partial charge in [-0.05, 0) is 18.9 Å². The zero-order chi connectivity index (χ0) is 12.0. The summed E-state index contributed by atoms with van der Waals surface area (Å²) in [5, 5.41) is 8.92. The molecule has 1 fully saturated rings. The summed E-state index contributed by atoms with van der Waals surface area (Å²) >= 11 is 0. The van der Waals surface area contributed by atoms with Gasteiger partial charge in [0.2, 0.25) is 0 Å². The highest BCUT2D eigenvalue weighted by atomic mass is 16.4. The lowest BCUT2D eigenvalue weighted by Crippen LogP contribution is -2.01. The number of aryl methyl sites for hydroxylation is 1. The Balaban J connectivity index is 2.22. The van der Waals surface area contributed by atoms with Crippen molar-refractivity contribution >= 4 is 17.1 Å². The van der Waals surface area contributed by atoms with Crippen LogP contribution in [0.15, 0.2) is 12.3 Å². The first-order valence-electron chi connectivity index (χ1n) is 5.81. The Kier molecular flexibility index (Phi) is 2.14. The Hall–Kier alpha value is -1.91. The molecule has 0 aromatic carbocycles. The van der Waals surface area contributed by atoms with E-state index in [0.717, 1.165) is 17.9 Å². The molecule has 0 atom stereocenters. The van der Waals surface area contributed by atoms with Gasteiger partial charge in [-0.2, -0.15) is 0 Å². The molecular weight excluding hydrogens is 218 g/mol. The van der Waals surface area contributed by atoms with Crippen LogP contribution in [-0.2, 0) is 6.42 Å². The molecule has 2 heterocycles. The summed E-state index contributed by atoms with van der Waals surface area (Å²) < 4.78 is 2.15. The van der Waals surface area contributed by atoms with Crippen molar-refractivity contribution in [1.29, 1.82) is 0 Å². The molecule has 0 radical (unpaired) electrons. The van der Waals surface area contributed by atoms with E-state index in [-0.39, 0.29) is 5.56 Å². The van der Waals surface area contributed by atoms with E-state index in [9.17, 15) is 4.79 Å². The summed E-state index contributed by atoms with van der Waals surface area (Å²) in [6.07, 6.45) is 4.58. The number of hydrogen-bond donors (Lipinski definition) is 1. The second-order valence-corrected chi connectivity index (χ2v) is 4.35. The van der Waals surface area contributed by atoms with Gasteiger partial charge in [0.25, 0.3) is 0 Å². The predicted octanol–water partition coefficient (Wildman–Crippen LogP) is 2.03. The van der Waals surface area contributed by atoms with Crippen LogP contribution in [0, 0.1) is 0 Å². The molecule has 0 aliphatic heterocycles. The van der Waals surface area contributed by atoms with E-state index < -0.39 is 5.97 Å². The molecule has 1 aliphatic rings. The molecule has 2 aromatic heterocycles. The van der Waals surface area contributed by atoms with Gasteiger partial charge in [0.15, 0.2) is 5.65 Å². The van der Waals surface area contributed by atoms with Crippen LogP contribution in [0.1, 0.15) is 42.0 Å². The number of aromatic carboxylic acids is 1. The average molecular weight is 231 g/mol. The second-order valence-electron chi connectivity index (χ2n) is 4.35. The molecular formula is C12H13N3O2. The van der Waals surface area contributed by atoms with Crippen molar-refractivity contribution < 1.29 is 9.90 Å². The lowest BCUT2D eigenvalue weighted by molar-refractivity contribution is 0.0696. The third kappa shape index (κ3) is 1.58. The number of rotatable bonds is 3. The summed E-state index contributed by atoms with van der Waals surface area (Å²) in [7, 11) is 0. The molecule has 0 amide bonds. The number of hydrogen-bond acceptors (Lipinski definition) is 3. The number of carbonyl (C=O) groups is 1. The highest BCUT2D eigenvalue weighted by Gasteiger charge is 2.28. The Morgan fingerprint density at radius 2 is 2.35 bits per heavy atom. The molecule has 1 N–H and O–H groups in total. The Morgan fingerprint density at radius 3 is 2.94 bits per heavy atom. The number of carboxylic acids is 1. The van der Waals surface area contributed by atoms with Crippen molar-refractivity contribution in [2.45, 2.75) is 32.2 Å². The molecule has 5 heteroatoms. The van der Waals surface area contributed by atoms with Crippen molar-refractivity contribution in [2.75, 3.05) is 0 Å². The largest absolute Gasteiger partial charge is 0.478 e. The highest BCUT2D eigenvalue weighted by molar-refractivity contribution is 5.90. The van der Waals surface area contributed by atoms with E-state index in [1.807, 2.05) is 0 Å². The first-order valence-corrected chi connectivity index (χ1v) is 5.81. The fraction of sp³-hybridized carbons (Fsp3) is 0.417. The van der Waals surface area contributed by atoms with E-state index in [4.69, 9.17) is 5.11 Å². The van der Waals surface area contributed by atoms with Crippen molar-refractivity contribution in [3.05, 3.63) is 23.7 Å². The lowest BCUT2D eigenvalue weighted by Gasteiger charge is -2.04. The van der Waals surface area contributed by atoms with Gasteiger partial charge in [-0.1, -0.05) is 6.92 Å². The minimum atomic E-state index is -0.960. The van der Waals surface area contributed by atoms with Crippen LogP contribution >= 0.6 is 0 Å². The van der Waals surface area contributed by atoms with Gasteiger partial charge in [0, 0.05) is 18.7 Å². The fourth-order valence-electron chi connectivity index (χ4n) is 2.11. The molecule has 17 heavy (non-hydrogen) atoms. The van der Waals surface area contributed by atoms with E-state index >= 15 is 0 Å². The van der Waals surface area contributed by atoms with Crippen molar-refractivity contribution in [1.82, 2.24) is 14.5 Å². The standard InChI is InChI=1S/C12H13N3O2/c1-2-10-14-9-5-7(12(16)17)6-13-11(9)15(10)8-3-4-8/h5-6,8H,2-4H2,1H3,(H,16,17). The molecule has 0 bridgehead atoms. The smallest absolute Gasteiger partial charge is 0.337 e. The van der Waals surface area contributed by atoms with Gasteiger partial charge in [-0.25, -0.2) is 14.8 Å². The molecule has 0 unspecified atom stereocenters. The van der Waals surface area contributed by atoms with Crippen molar-refractivity contribution in [3.8, 4) is 0 Å². The van der Waals surface area contributed by atoms with Gasteiger partial charge in [0.1, 0.15) is 11.3 Å². The Morgan fingerprint density at radius 1 is 1.59 bits per heavy atom. The highest BCUT2D eigenvalue weighted by Crippen LogP contribution is 2.38. The van der Waals surface area contributed by atoms with Gasteiger partial charge in [-0.3, -0.25) is 0 Å². The maximum absolute atomic E-state index is 10.9. The Bertz CT molecular complexity index is 599. The fourth-order valence-corrected chi connectivity index (χ4v) is 2.11. The van der Waals surface area contributed by atoms with Crippen molar-refractivity contribution in [3.63, 3.8) is 0 Å². The zero-order valence-corrected chi connectivity index (χ0v) is 9.55. The van der Waals surface area contributed by atoms with E-state index in [2.05, 4.69) is 21.5 Å². The van der Waals surface area contributed by atoms with Crippen LogP contribution < -0.4 is 0 Å². The number of carboxylic acid groups (broad SMARTS) is 1. The lowest BCUT2D eigenvalue weighted by atomic mass is 10.3. The van der Waals surface area contributed by atoms with E-state index in [0.29, 0.717) is 11.6 Å². The maximum atomic E-state index is 10.9. The third-order valence-electron chi connectivity index (χ3n) is 3.08. The molecule has 1 saturated carbocycles. The Labute approximate surface area is 98.1 Å². The van der Waals surface area contributed by atoms with E-state index in [1.54, 1.807) is 6.07 Å². The number of fused-ring (bicyclic) bond motifs is 1. The van der Waals surface area contributed by atoms with Crippen LogP contribution in [0.3, 0.4) is 0 Å². The first kappa shape index (κ1) is 10.3. The summed E-state index contributed by atoms with van der Waals surface area (Å²) in [6.45, 7) is 2.05. The third-order valence-corrected chi connectivity index (χ3v) is 3.08. The molecule has 88 valence electrons. The molecule has 2 aromatic rings. The molecule has 0 saturated heterocycles. The number of imidazole rings is 1. The zero-order valence-electron chi connectivity index (χ0n) is 9.55. The van der Waals surface area contributed by atoms with Crippen LogP contribution in [0.4, 0.5) is 0 Å². The minimum Gasteiger partial charge on any atom is -0.478 e. The summed E-state index contributed by atoms with van der Waals surface area (Å²) in [5.74, 6) is 0.0379.